The minimum Gasteiger partial charge on any atom is -0.359 e. The van der Waals surface area contributed by atoms with Gasteiger partial charge in [0.05, 0.1) is 21.9 Å². The molecule has 0 spiro atoms. The van der Waals surface area contributed by atoms with Gasteiger partial charge < -0.3 is 4.98 Å². The molecule has 2 N–H and O–H groups in total. The predicted octanol–water partition coefficient (Wildman–Crippen LogP) is 2.39. The summed E-state index contributed by atoms with van der Waals surface area (Å²) < 4.78 is 49.1. The molecule has 3 aromatic rings. The summed E-state index contributed by atoms with van der Waals surface area (Å²) in [5.74, 6) is -0.107. The van der Waals surface area contributed by atoms with Crippen molar-refractivity contribution in [1.29, 1.82) is 0 Å². The first-order chi connectivity index (χ1) is 11.4. The molecule has 6 nitrogen and oxygen atoms in total. The van der Waals surface area contributed by atoms with E-state index in [2.05, 4.69) is 9.71 Å². The second-order valence-corrected chi connectivity index (χ2v) is 8.10. The van der Waals surface area contributed by atoms with Gasteiger partial charge in [-0.2, -0.15) is 0 Å². The number of thiol groups is 1. The number of benzene rings is 2. The SMILES string of the molecule is Cc1c[nH]c2c(NS(=O)(=O)c3ccc(C[SH](=O)=O)cc3)cccc12. The van der Waals surface area contributed by atoms with Crippen molar-refractivity contribution in [2.45, 2.75) is 17.6 Å². The highest BCUT2D eigenvalue weighted by Gasteiger charge is 2.16. The molecule has 0 bridgehead atoms. The van der Waals surface area contributed by atoms with Crippen LogP contribution in [0.5, 0.6) is 0 Å². The third-order valence-electron chi connectivity index (χ3n) is 3.71. The predicted molar refractivity (Wildman–Crippen MR) is 94.3 cm³/mol. The van der Waals surface area contributed by atoms with E-state index in [4.69, 9.17) is 0 Å². The highest BCUT2D eigenvalue weighted by Crippen LogP contribution is 2.27. The fourth-order valence-electron chi connectivity index (χ4n) is 2.51. The zero-order valence-corrected chi connectivity index (χ0v) is 14.5. The van der Waals surface area contributed by atoms with E-state index in [1.807, 2.05) is 19.2 Å². The summed E-state index contributed by atoms with van der Waals surface area (Å²) in [7, 11) is -6.30. The van der Waals surface area contributed by atoms with E-state index in [-0.39, 0.29) is 10.6 Å². The zero-order chi connectivity index (χ0) is 17.3. The molecule has 126 valence electrons. The van der Waals surface area contributed by atoms with E-state index in [1.165, 1.54) is 24.3 Å². The topological polar surface area (TPSA) is 96.1 Å². The molecular weight excluding hydrogens is 348 g/mol. The normalized spacial score (nSPS) is 11.9. The first kappa shape index (κ1) is 16.5. The van der Waals surface area contributed by atoms with Crippen molar-refractivity contribution in [3.05, 3.63) is 59.8 Å². The quantitative estimate of drug-likeness (QED) is 0.606. The lowest BCUT2D eigenvalue weighted by Gasteiger charge is -2.09. The lowest BCUT2D eigenvalue weighted by molar-refractivity contribution is 0.601. The van der Waals surface area contributed by atoms with Crippen molar-refractivity contribution in [2.75, 3.05) is 4.72 Å². The summed E-state index contributed by atoms with van der Waals surface area (Å²) >= 11 is 0. The fraction of sp³-hybridized carbons (Fsp3) is 0.125. The second kappa shape index (κ2) is 6.29. The van der Waals surface area contributed by atoms with Gasteiger partial charge >= 0.3 is 0 Å². The van der Waals surface area contributed by atoms with Gasteiger partial charge in [-0.25, -0.2) is 16.8 Å². The molecule has 0 atom stereocenters. The Morgan fingerprint density at radius 3 is 2.46 bits per heavy atom. The molecule has 0 unspecified atom stereocenters. The average molecular weight is 364 g/mol. The molecule has 0 saturated carbocycles. The van der Waals surface area contributed by atoms with Crippen LogP contribution in [0.4, 0.5) is 5.69 Å². The molecule has 24 heavy (non-hydrogen) atoms. The second-order valence-electron chi connectivity index (χ2n) is 5.44. The minimum atomic E-state index is -3.76. The molecule has 0 aliphatic rings. The van der Waals surface area contributed by atoms with Gasteiger partial charge in [-0.3, -0.25) is 4.72 Å². The lowest BCUT2D eigenvalue weighted by atomic mass is 10.2. The zero-order valence-electron chi connectivity index (χ0n) is 12.8. The first-order valence-electron chi connectivity index (χ1n) is 7.17. The number of aromatic nitrogens is 1. The maximum absolute atomic E-state index is 12.5. The molecule has 8 heteroatoms. The van der Waals surface area contributed by atoms with Crippen molar-refractivity contribution in [2.24, 2.45) is 0 Å². The molecule has 0 fully saturated rings. The van der Waals surface area contributed by atoms with Crippen molar-refractivity contribution in [1.82, 2.24) is 4.98 Å². The molecule has 0 aliphatic carbocycles. The third-order valence-corrected chi connectivity index (χ3v) is 5.72. The first-order valence-corrected chi connectivity index (χ1v) is 10.0. The highest BCUT2D eigenvalue weighted by molar-refractivity contribution is 7.92. The molecule has 2 aromatic carbocycles. The third kappa shape index (κ3) is 3.29. The number of para-hydroxylation sites is 1. The number of hydrogen-bond acceptors (Lipinski definition) is 4. The summed E-state index contributed by atoms with van der Waals surface area (Å²) in [6.07, 6.45) is 1.82. The summed E-state index contributed by atoms with van der Waals surface area (Å²) in [6, 6.07) is 11.2. The Balaban J connectivity index is 1.93. The van der Waals surface area contributed by atoms with E-state index >= 15 is 0 Å². The summed E-state index contributed by atoms with van der Waals surface area (Å²) in [5.41, 5.74) is 2.76. The number of H-pyrrole nitrogens is 1. The summed E-state index contributed by atoms with van der Waals surface area (Å²) in [4.78, 5) is 3.14. The molecule has 0 saturated heterocycles. The van der Waals surface area contributed by atoms with Crippen molar-refractivity contribution >= 4 is 37.3 Å². The van der Waals surface area contributed by atoms with Crippen LogP contribution in [-0.4, -0.2) is 21.8 Å². The molecular formula is C16H16N2O4S2. The number of hydrogen-bond donors (Lipinski definition) is 3. The number of sulfonamides is 1. The number of aryl methyl sites for hydroxylation is 1. The van der Waals surface area contributed by atoms with Crippen LogP contribution in [0.25, 0.3) is 10.9 Å². The van der Waals surface area contributed by atoms with Crippen LogP contribution in [0, 0.1) is 6.92 Å². The molecule has 0 radical (unpaired) electrons. The van der Waals surface area contributed by atoms with Crippen LogP contribution >= 0.6 is 0 Å². The number of aromatic amines is 1. The van der Waals surface area contributed by atoms with Gasteiger partial charge in [0.25, 0.3) is 10.0 Å². The lowest BCUT2D eigenvalue weighted by Crippen LogP contribution is -2.13. The number of nitrogens with one attached hydrogen (secondary N) is 2. The van der Waals surface area contributed by atoms with Crippen molar-refractivity contribution in [3.63, 3.8) is 0 Å². The Bertz CT molecular complexity index is 1060. The maximum atomic E-state index is 12.5. The molecule has 0 aliphatic heterocycles. The maximum Gasteiger partial charge on any atom is 0.261 e. The molecule has 1 aromatic heterocycles. The van der Waals surface area contributed by atoms with Gasteiger partial charge in [0, 0.05) is 11.6 Å². The van der Waals surface area contributed by atoms with Crippen LogP contribution in [0.3, 0.4) is 0 Å². The summed E-state index contributed by atoms with van der Waals surface area (Å²) in [6.45, 7) is 1.94. The Labute approximate surface area is 141 Å². The van der Waals surface area contributed by atoms with Gasteiger partial charge in [-0.1, -0.05) is 24.3 Å². The van der Waals surface area contributed by atoms with E-state index in [9.17, 15) is 16.8 Å². The highest BCUT2D eigenvalue weighted by atomic mass is 32.2. The Kier molecular flexibility index (Phi) is 4.33. The van der Waals surface area contributed by atoms with E-state index in [0.717, 1.165) is 16.5 Å². The van der Waals surface area contributed by atoms with Crippen molar-refractivity contribution in [3.8, 4) is 0 Å². The largest absolute Gasteiger partial charge is 0.359 e. The Morgan fingerprint density at radius 2 is 1.79 bits per heavy atom. The van der Waals surface area contributed by atoms with Crippen LogP contribution in [0.15, 0.2) is 53.6 Å². The molecule has 0 amide bonds. The smallest absolute Gasteiger partial charge is 0.261 e. The van der Waals surface area contributed by atoms with Crippen LogP contribution < -0.4 is 4.72 Å². The minimum absolute atomic E-state index is 0.0765. The number of rotatable bonds is 5. The fourth-order valence-corrected chi connectivity index (χ4v) is 4.09. The Morgan fingerprint density at radius 1 is 1.08 bits per heavy atom. The van der Waals surface area contributed by atoms with E-state index in [0.29, 0.717) is 11.3 Å². The van der Waals surface area contributed by atoms with Gasteiger partial charge in [0.15, 0.2) is 0 Å². The number of anilines is 1. The number of fused-ring (bicyclic) bond motifs is 1. The van der Waals surface area contributed by atoms with Gasteiger partial charge in [0.1, 0.15) is 10.7 Å². The van der Waals surface area contributed by atoms with Crippen LogP contribution in [0.2, 0.25) is 0 Å². The van der Waals surface area contributed by atoms with E-state index in [1.54, 1.807) is 12.1 Å². The van der Waals surface area contributed by atoms with Crippen LogP contribution in [0.1, 0.15) is 11.1 Å². The van der Waals surface area contributed by atoms with Gasteiger partial charge in [0.2, 0.25) is 0 Å². The monoisotopic (exact) mass is 364 g/mol. The molecule has 1 heterocycles. The van der Waals surface area contributed by atoms with E-state index < -0.39 is 20.7 Å². The average Bonchev–Trinajstić information content (AvgIpc) is 2.90. The standard InChI is InChI=1S/C16H16N2O4S2/c1-11-9-17-16-14(11)3-2-4-15(16)18-24(21,22)13-7-5-12(6-8-13)10-23(19)20/h2-9,17-18,23H,10H2,1H3. The summed E-state index contributed by atoms with van der Waals surface area (Å²) in [5, 5.41) is 0.949. The van der Waals surface area contributed by atoms with Gasteiger partial charge in [-0.05, 0) is 36.2 Å². The van der Waals surface area contributed by atoms with Crippen LogP contribution in [-0.2, 0) is 26.5 Å². The Hall–Kier alpha value is -2.32. The van der Waals surface area contributed by atoms with Gasteiger partial charge in [-0.15, -0.1) is 0 Å². The molecule has 3 rings (SSSR count). The van der Waals surface area contributed by atoms with Crippen molar-refractivity contribution < 1.29 is 16.8 Å².